The summed E-state index contributed by atoms with van der Waals surface area (Å²) in [5, 5.41) is 0.433. The van der Waals surface area contributed by atoms with Crippen molar-refractivity contribution in [3.8, 4) is 0 Å². The number of nitrogens with zero attached hydrogens (tertiary/aromatic N) is 4. The van der Waals surface area contributed by atoms with Crippen LogP contribution in [0, 0.1) is 6.92 Å². The first-order chi connectivity index (χ1) is 12.7. The fourth-order valence-corrected chi connectivity index (χ4v) is 4.08. The van der Waals surface area contributed by atoms with E-state index in [1.54, 1.807) is 4.90 Å². The minimum atomic E-state index is -4.57. The maximum Gasteiger partial charge on any atom is 0.433 e. The van der Waals surface area contributed by atoms with Crippen LogP contribution in [0.5, 0.6) is 0 Å². The number of likely N-dealkylation sites (N-methyl/N-ethyl adjacent to an activating group) is 1. The van der Waals surface area contributed by atoms with Crippen molar-refractivity contribution >= 4 is 37.7 Å². The first kappa shape index (κ1) is 19.3. The number of alkyl halides is 3. The van der Waals surface area contributed by atoms with Gasteiger partial charge in [0.2, 0.25) is 5.91 Å². The number of pyridine rings is 1. The van der Waals surface area contributed by atoms with Gasteiger partial charge in [0.05, 0.1) is 11.8 Å². The van der Waals surface area contributed by atoms with Gasteiger partial charge in [-0.15, -0.1) is 11.3 Å². The van der Waals surface area contributed by atoms with E-state index in [0.29, 0.717) is 29.6 Å². The zero-order valence-electron chi connectivity index (χ0n) is 14.9. The summed E-state index contributed by atoms with van der Waals surface area (Å²) in [6.45, 7) is 6.08. The Morgan fingerprint density at radius 3 is 2.56 bits per heavy atom. The van der Waals surface area contributed by atoms with E-state index >= 15 is 0 Å². The average Bonchev–Trinajstić information content (AvgIpc) is 2.97. The molecule has 0 aromatic carbocycles. The number of aromatic nitrogens is 3. The highest BCUT2D eigenvalue weighted by Crippen LogP contribution is 2.36. The number of hydrogen-bond donors (Lipinski definition) is 0. The number of carbonyl (C=O) groups is 1. The molecule has 0 saturated carbocycles. The molecule has 6 nitrogen and oxygen atoms in total. The number of hydrogen-bond acceptors (Lipinski definition) is 5. The summed E-state index contributed by atoms with van der Waals surface area (Å²) >= 11 is 0.862. The van der Waals surface area contributed by atoms with Crippen LogP contribution >= 0.6 is 11.3 Å². The van der Waals surface area contributed by atoms with Crippen molar-refractivity contribution in [2.75, 3.05) is 13.1 Å². The Bertz CT molecular complexity index is 1080. The number of thiophene rings is 1. The quantitative estimate of drug-likeness (QED) is 0.677. The third-order valence-corrected chi connectivity index (χ3v) is 5.39. The van der Waals surface area contributed by atoms with E-state index in [4.69, 9.17) is 0 Å². The van der Waals surface area contributed by atoms with E-state index in [9.17, 15) is 22.8 Å². The molecule has 0 aliphatic carbocycles. The first-order valence-corrected chi connectivity index (χ1v) is 9.13. The highest BCUT2D eigenvalue weighted by atomic mass is 32.1. The van der Waals surface area contributed by atoms with Crippen LogP contribution < -0.4 is 5.56 Å². The minimum Gasteiger partial charge on any atom is -0.342 e. The Balaban J connectivity index is 2.14. The van der Waals surface area contributed by atoms with Gasteiger partial charge in [0, 0.05) is 18.5 Å². The molecule has 0 fully saturated rings. The second kappa shape index (κ2) is 6.91. The molecule has 0 aliphatic rings. The normalized spacial score (nSPS) is 12.1. The van der Waals surface area contributed by atoms with Gasteiger partial charge in [-0.1, -0.05) is 0 Å². The fourth-order valence-electron chi connectivity index (χ4n) is 2.92. The molecule has 0 aliphatic heterocycles. The molecular weight excluding hydrogens is 381 g/mol. The molecule has 0 unspecified atom stereocenters. The number of rotatable bonds is 4. The number of amides is 1. The Hall–Kier alpha value is -2.49. The largest absolute Gasteiger partial charge is 0.433 e. The van der Waals surface area contributed by atoms with Crippen molar-refractivity contribution in [1.29, 1.82) is 0 Å². The van der Waals surface area contributed by atoms with Crippen LogP contribution in [0.25, 0.3) is 20.4 Å². The standard InChI is InChI=1S/C17H17F3N4O2S/c1-4-23(5-2)11(25)7-24-8-21-13-12-9(3)6-10(17(18,19)20)22-15(12)27-14(13)16(24)26/h6,8H,4-5,7H2,1-3H3. The predicted molar refractivity (Wildman–Crippen MR) is 96.8 cm³/mol. The van der Waals surface area contributed by atoms with Crippen molar-refractivity contribution in [2.24, 2.45) is 0 Å². The molecule has 0 spiro atoms. The van der Waals surface area contributed by atoms with E-state index in [-0.39, 0.29) is 22.0 Å². The van der Waals surface area contributed by atoms with Crippen LogP contribution in [0.2, 0.25) is 0 Å². The van der Waals surface area contributed by atoms with E-state index in [0.717, 1.165) is 17.4 Å². The summed E-state index contributed by atoms with van der Waals surface area (Å²) in [6.07, 6.45) is -3.31. The van der Waals surface area contributed by atoms with Gasteiger partial charge >= 0.3 is 6.18 Å². The summed E-state index contributed by atoms with van der Waals surface area (Å²) in [5.41, 5.74) is -0.805. The van der Waals surface area contributed by atoms with Crippen molar-refractivity contribution in [2.45, 2.75) is 33.5 Å². The maximum absolute atomic E-state index is 13.0. The Morgan fingerprint density at radius 1 is 1.30 bits per heavy atom. The molecule has 0 N–H and O–H groups in total. The predicted octanol–water partition coefficient (Wildman–Crippen LogP) is 3.20. The van der Waals surface area contributed by atoms with Crippen LogP contribution in [0.4, 0.5) is 13.2 Å². The van der Waals surface area contributed by atoms with Crippen LogP contribution in [0.3, 0.4) is 0 Å². The SMILES string of the molecule is CCN(CC)C(=O)Cn1cnc2c(sc3nc(C(F)(F)F)cc(C)c32)c1=O. The zero-order valence-corrected chi connectivity index (χ0v) is 15.7. The van der Waals surface area contributed by atoms with Gasteiger partial charge in [-0.05, 0) is 32.4 Å². The molecule has 3 rings (SSSR count). The lowest BCUT2D eigenvalue weighted by molar-refractivity contribution is -0.141. The molecular formula is C17H17F3N4O2S. The lowest BCUT2D eigenvalue weighted by atomic mass is 10.1. The van der Waals surface area contributed by atoms with Gasteiger partial charge in [-0.2, -0.15) is 13.2 Å². The number of carbonyl (C=O) groups excluding carboxylic acids is 1. The second-order valence-electron chi connectivity index (χ2n) is 6.03. The Kier molecular flexibility index (Phi) is 4.94. The van der Waals surface area contributed by atoms with Crippen molar-refractivity contribution in [3.63, 3.8) is 0 Å². The van der Waals surface area contributed by atoms with Gasteiger partial charge in [-0.25, -0.2) is 9.97 Å². The molecule has 144 valence electrons. The van der Waals surface area contributed by atoms with E-state index in [1.807, 2.05) is 13.8 Å². The molecule has 3 aromatic heterocycles. The molecule has 0 saturated heterocycles. The summed E-state index contributed by atoms with van der Waals surface area (Å²) < 4.78 is 40.4. The van der Waals surface area contributed by atoms with E-state index < -0.39 is 17.4 Å². The van der Waals surface area contributed by atoms with Gasteiger partial charge in [0.15, 0.2) is 0 Å². The van der Waals surface area contributed by atoms with Gasteiger partial charge < -0.3 is 4.90 Å². The molecule has 27 heavy (non-hydrogen) atoms. The molecule has 0 radical (unpaired) electrons. The van der Waals surface area contributed by atoms with E-state index in [1.165, 1.54) is 17.8 Å². The Labute approximate surface area is 156 Å². The van der Waals surface area contributed by atoms with Gasteiger partial charge in [0.1, 0.15) is 21.8 Å². The van der Waals surface area contributed by atoms with Gasteiger partial charge in [0.25, 0.3) is 5.56 Å². The highest BCUT2D eigenvalue weighted by Gasteiger charge is 2.33. The first-order valence-electron chi connectivity index (χ1n) is 8.31. The third kappa shape index (κ3) is 3.41. The molecule has 1 amide bonds. The lowest BCUT2D eigenvalue weighted by Gasteiger charge is -2.18. The van der Waals surface area contributed by atoms with E-state index in [2.05, 4.69) is 9.97 Å². The number of fused-ring (bicyclic) bond motifs is 3. The molecule has 3 aromatic rings. The molecule has 10 heteroatoms. The summed E-state index contributed by atoms with van der Waals surface area (Å²) in [6, 6.07) is 0.950. The van der Waals surface area contributed by atoms with Crippen molar-refractivity contribution in [3.05, 3.63) is 34.0 Å². The topological polar surface area (TPSA) is 68.1 Å². The summed E-state index contributed by atoms with van der Waals surface area (Å²) in [5.74, 6) is -0.224. The van der Waals surface area contributed by atoms with Gasteiger partial charge in [-0.3, -0.25) is 14.2 Å². The monoisotopic (exact) mass is 398 g/mol. The molecule has 0 bridgehead atoms. The minimum absolute atomic E-state index is 0.106. The smallest absolute Gasteiger partial charge is 0.342 e. The maximum atomic E-state index is 13.0. The van der Waals surface area contributed by atoms with Crippen molar-refractivity contribution in [1.82, 2.24) is 19.4 Å². The number of halogens is 3. The second-order valence-corrected chi connectivity index (χ2v) is 7.02. The summed E-state index contributed by atoms with van der Waals surface area (Å²) in [4.78, 5) is 34.6. The molecule has 3 heterocycles. The van der Waals surface area contributed by atoms with Crippen LogP contribution in [-0.4, -0.2) is 38.4 Å². The summed E-state index contributed by atoms with van der Waals surface area (Å²) in [7, 11) is 0. The van der Waals surface area contributed by atoms with Crippen LogP contribution in [-0.2, 0) is 17.5 Å². The van der Waals surface area contributed by atoms with Crippen LogP contribution in [0.1, 0.15) is 25.1 Å². The Morgan fingerprint density at radius 2 is 1.96 bits per heavy atom. The fraction of sp³-hybridized carbons (Fsp3) is 0.412. The highest BCUT2D eigenvalue weighted by molar-refractivity contribution is 7.25. The number of aryl methyl sites for hydroxylation is 1. The van der Waals surface area contributed by atoms with Crippen LogP contribution in [0.15, 0.2) is 17.2 Å². The van der Waals surface area contributed by atoms with Crippen molar-refractivity contribution < 1.29 is 18.0 Å². The lowest BCUT2D eigenvalue weighted by Crippen LogP contribution is -2.36. The third-order valence-electron chi connectivity index (χ3n) is 4.33. The molecule has 0 atom stereocenters. The zero-order chi connectivity index (χ0) is 19.9. The average molecular weight is 398 g/mol.